The number of likely N-dealkylation sites (tertiary alicyclic amines) is 1. The highest BCUT2D eigenvalue weighted by Gasteiger charge is 2.58. The fraction of sp³-hybridized carbons (Fsp3) is 0.462. The van der Waals surface area contributed by atoms with Crippen LogP contribution in [-0.2, 0) is 24.8 Å². The minimum absolute atomic E-state index is 0.240. The summed E-state index contributed by atoms with van der Waals surface area (Å²) in [5.41, 5.74) is -1.21. The number of benzene rings is 1. The van der Waals surface area contributed by atoms with Gasteiger partial charge >= 0.3 is 6.18 Å². The van der Waals surface area contributed by atoms with Crippen molar-refractivity contribution in [2.24, 2.45) is 0 Å². The molecule has 2 aromatic rings. The summed E-state index contributed by atoms with van der Waals surface area (Å²) in [7, 11) is -4.24. The van der Waals surface area contributed by atoms with Gasteiger partial charge in [-0.25, -0.2) is 8.42 Å². The molecule has 3 fully saturated rings. The van der Waals surface area contributed by atoms with Gasteiger partial charge in [0.2, 0.25) is 11.8 Å². The normalized spacial score (nSPS) is 22.7. The van der Waals surface area contributed by atoms with Crippen molar-refractivity contribution in [1.29, 1.82) is 5.26 Å². The molecule has 0 radical (unpaired) electrons. The first-order valence-electron chi connectivity index (χ1n) is 12.5. The Bertz CT molecular complexity index is 1490. The number of halogens is 4. The lowest BCUT2D eigenvalue weighted by Crippen LogP contribution is -2.51. The minimum atomic E-state index is -4.59. The molecular weight excluding hydrogens is 573 g/mol. The standard InChI is InChI=1S/C26H24ClF3N4O5S/c27-19-11-17(39-15-26(28,29)30)1-2-21(19)40(37,38)18-12-20(22(35)33-24(14-31)5-6-24)34(13-18)23(36)25(7-8-25)16-3-9-32-10-4-16/h1-4,9-11,18,20H,5-8,12-13,15H2,(H,33,35)/t18-,20+/m1/s1. The third kappa shape index (κ3) is 5.34. The Morgan fingerprint density at radius 1 is 1.18 bits per heavy atom. The summed E-state index contributed by atoms with van der Waals surface area (Å²) < 4.78 is 69.5. The van der Waals surface area contributed by atoms with Crippen molar-refractivity contribution < 1.29 is 35.9 Å². The van der Waals surface area contributed by atoms with E-state index in [1.807, 2.05) is 0 Å². The number of alkyl halides is 3. The summed E-state index contributed by atoms with van der Waals surface area (Å²) >= 11 is 6.17. The predicted octanol–water partition coefficient (Wildman–Crippen LogP) is 3.32. The van der Waals surface area contributed by atoms with Crippen LogP contribution in [0.4, 0.5) is 13.2 Å². The van der Waals surface area contributed by atoms with Crippen molar-refractivity contribution in [2.75, 3.05) is 13.2 Å². The number of pyridine rings is 1. The fourth-order valence-electron chi connectivity index (χ4n) is 5.05. The quantitative estimate of drug-likeness (QED) is 0.495. The van der Waals surface area contributed by atoms with E-state index >= 15 is 0 Å². The summed E-state index contributed by atoms with van der Waals surface area (Å²) in [6, 6.07) is 7.43. The van der Waals surface area contributed by atoms with Crippen LogP contribution in [0.2, 0.25) is 5.02 Å². The number of rotatable bonds is 8. The highest BCUT2D eigenvalue weighted by Crippen LogP contribution is 2.51. The molecular formula is C26H24ClF3N4O5S. The average Bonchev–Trinajstić information content (AvgIpc) is 3.83. The molecule has 2 atom stereocenters. The molecule has 9 nitrogen and oxygen atoms in total. The minimum Gasteiger partial charge on any atom is -0.484 e. The van der Waals surface area contributed by atoms with E-state index in [9.17, 15) is 36.4 Å². The molecule has 3 aliphatic rings. The van der Waals surface area contributed by atoms with E-state index in [0.717, 1.165) is 18.2 Å². The number of hydrogen-bond acceptors (Lipinski definition) is 7. The van der Waals surface area contributed by atoms with E-state index in [1.54, 1.807) is 24.5 Å². The maximum Gasteiger partial charge on any atom is 0.422 e. The second-order valence-corrected chi connectivity index (χ2v) is 13.0. The monoisotopic (exact) mass is 596 g/mol. The van der Waals surface area contributed by atoms with Gasteiger partial charge in [0.1, 0.15) is 17.3 Å². The molecule has 0 bridgehead atoms. The number of nitrogens with zero attached hydrogens (tertiary/aromatic N) is 3. The molecule has 1 aromatic heterocycles. The van der Waals surface area contributed by atoms with E-state index in [0.29, 0.717) is 31.2 Å². The topological polar surface area (TPSA) is 129 Å². The van der Waals surface area contributed by atoms with Crippen molar-refractivity contribution in [3.05, 3.63) is 53.3 Å². The Balaban J connectivity index is 1.42. The molecule has 2 heterocycles. The number of amides is 2. The Hall–Kier alpha value is -3.37. The Kier molecular flexibility index (Phi) is 6.99. The van der Waals surface area contributed by atoms with E-state index in [4.69, 9.17) is 11.6 Å². The van der Waals surface area contributed by atoms with E-state index in [-0.39, 0.29) is 34.5 Å². The summed E-state index contributed by atoms with van der Waals surface area (Å²) in [5, 5.41) is 10.6. The van der Waals surface area contributed by atoms with Crippen LogP contribution in [0.25, 0.3) is 0 Å². The van der Waals surface area contributed by atoms with Crippen LogP contribution >= 0.6 is 11.6 Å². The van der Waals surface area contributed by atoms with Crippen LogP contribution in [0.3, 0.4) is 0 Å². The van der Waals surface area contributed by atoms with Gasteiger partial charge in [-0.2, -0.15) is 18.4 Å². The van der Waals surface area contributed by atoms with Crippen molar-refractivity contribution in [1.82, 2.24) is 15.2 Å². The number of carbonyl (C=O) groups excluding carboxylic acids is 2. The highest BCUT2D eigenvalue weighted by atomic mass is 35.5. The lowest BCUT2D eigenvalue weighted by atomic mass is 9.95. The lowest BCUT2D eigenvalue weighted by molar-refractivity contribution is -0.153. The fourth-order valence-corrected chi connectivity index (χ4v) is 7.28. The largest absolute Gasteiger partial charge is 0.484 e. The van der Waals surface area contributed by atoms with Crippen LogP contribution in [0.15, 0.2) is 47.6 Å². The number of sulfone groups is 1. The van der Waals surface area contributed by atoms with E-state index in [2.05, 4.69) is 21.1 Å². The summed E-state index contributed by atoms with van der Waals surface area (Å²) in [4.78, 5) is 32.1. The SMILES string of the molecule is N#CC1(NC(=O)[C@@H]2C[C@@H](S(=O)(=O)c3ccc(OCC(F)(F)F)cc3Cl)CN2C(=O)C2(c3ccncc3)CC2)CC1. The molecule has 0 unspecified atom stereocenters. The number of nitriles is 1. The van der Waals surface area contributed by atoms with E-state index in [1.165, 1.54) is 4.90 Å². The van der Waals surface area contributed by atoms with E-state index < -0.39 is 50.8 Å². The first-order valence-corrected chi connectivity index (χ1v) is 14.4. The predicted molar refractivity (Wildman–Crippen MR) is 135 cm³/mol. The molecule has 1 aromatic carbocycles. The summed E-state index contributed by atoms with van der Waals surface area (Å²) in [6.07, 6.45) is 0.226. The molecule has 14 heteroatoms. The van der Waals surface area contributed by atoms with Gasteiger partial charge in [-0.3, -0.25) is 14.6 Å². The molecule has 40 heavy (non-hydrogen) atoms. The molecule has 0 spiro atoms. The maximum atomic E-state index is 13.9. The second kappa shape index (κ2) is 9.92. The van der Waals surface area contributed by atoms with Gasteiger partial charge < -0.3 is 15.0 Å². The van der Waals surface area contributed by atoms with Crippen molar-refractivity contribution >= 4 is 33.3 Å². The van der Waals surface area contributed by atoms with Gasteiger partial charge in [0.05, 0.1) is 26.7 Å². The smallest absolute Gasteiger partial charge is 0.422 e. The van der Waals surface area contributed by atoms with Gasteiger partial charge in [0.25, 0.3) is 0 Å². The number of carbonyl (C=O) groups is 2. The van der Waals surface area contributed by atoms with Crippen molar-refractivity contribution in [2.45, 2.75) is 65.4 Å². The Morgan fingerprint density at radius 3 is 2.40 bits per heavy atom. The van der Waals surface area contributed by atoms with Gasteiger partial charge in [-0.05, 0) is 61.9 Å². The van der Waals surface area contributed by atoms with Crippen LogP contribution in [0.1, 0.15) is 37.7 Å². The molecule has 1 saturated heterocycles. The zero-order valence-electron chi connectivity index (χ0n) is 20.9. The third-order valence-electron chi connectivity index (χ3n) is 7.60. The van der Waals surface area contributed by atoms with Crippen LogP contribution in [0.5, 0.6) is 5.75 Å². The molecule has 212 valence electrons. The average molecular weight is 597 g/mol. The van der Waals surface area contributed by atoms with Gasteiger partial charge in [-0.1, -0.05) is 11.6 Å². The molecule has 2 aliphatic carbocycles. The maximum absolute atomic E-state index is 13.9. The second-order valence-electron chi connectivity index (χ2n) is 10.4. The van der Waals surface area contributed by atoms with Crippen LogP contribution < -0.4 is 10.1 Å². The highest BCUT2D eigenvalue weighted by molar-refractivity contribution is 7.92. The van der Waals surface area contributed by atoms with Crippen molar-refractivity contribution in [3.63, 3.8) is 0 Å². The summed E-state index contributed by atoms with van der Waals surface area (Å²) in [6.45, 7) is -1.87. The molecule has 2 saturated carbocycles. The molecule has 2 amide bonds. The third-order valence-corrected chi connectivity index (χ3v) is 10.2. The molecule has 1 aliphatic heterocycles. The lowest BCUT2D eigenvalue weighted by Gasteiger charge is -2.29. The Labute approximate surface area is 233 Å². The zero-order chi connectivity index (χ0) is 28.9. The summed E-state index contributed by atoms with van der Waals surface area (Å²) in [5.74, 6) is -1.26. The van der Waals surface area contributed by atoms with Gasteiger partial charge in [0, 0.05) is 25.0 Å². The zero-order valence-corrected chi connectivity index (χ0v) is 22.5. The van der Waals surface area contributed by atoms with Crippen LogP contribution in [0, 0.1) is 11.3 Å². The van der Waals surface area contributed by atoms with Crippen molar-refractivity contribution in [3.8, 4) is 11.8 Å². The number of ether oxygens (including phenoxy) is 1. The number of nitrogens with one attached hydrogen (secondary N) is 1. The molecule has 5 rings (SSSR count). The van der Waals surface area contributed by atoms with Gasteiger partial charge in [-0.15, -0.1) is 0 Å². The van der Waals surface area contributed by atoms with Gasteiger partial charge in [0.15, 0.2) is 16.4 Å². The Morgan fingerprint density at radius 2 is 1.85 bits per heavy atom. The first-order chi connectivity index (χ1) is 18.8. The molecule has 1 N–H and O–H groups in total. The number of hydrogen-bond donors (Lipinski definition) is 1. The van der Waals surface area contributed by atoms with Crippen LogP contribution in [-0.4, -0.2) is 66.3 Å². The number of aromatic nitrogens is 1. The first kappa shape index (κ1) is 28.2.